The highest BCUT2D eigenvalue weighted by Crippen LogP contribution is 2.27. The first kappa shape index (κ1) is 10.8. The van der Waals surface area contributed by atoms with Crippen LogP contribution in [-0.4, -0.2) is 17.5 Å². The Labute approximate surface area is 103 Å². The number of hydrogen-bond donors (Lipinski definition) is 1. The molecule has 2 nitrogen and oxygen atoms in total. The number of nitrogens with two attached hydrogens (primary N) is 1. The zero-order chi connectivity index (χ0) is 11.7. The van der Waals surface area contributed by atoms with E-state index >= 15 is 0 Å². The Kier molecular flexibility index (Phi) is 2.89. The number of anilines is 1. The van der Waals surface area contributed by atoms with Gasteiger partial charge in [-0.2, -0.15) is 0 Å². The molecule has 17 heavy (non-hydrogen) atoms. The highest BCUT2D eigenvalue weighted by molar-refractivity contribution is 5.51. The lowest BCUT2D eigenvalue weighted by molar-refractivity contribution is 0.196. The summed E-state index contributed by atoms with van der Waals surface area (Å²) in [6.07, 6.45) is 9.74. The maximum Gasteiger partial charge on any atom is 0.0350 e. The predicted octanol–water partition coefficient (Wildman–Crippen LogP) is 2.74. The molecule has 2 aliphatic rings. The van der Waals surface area contributed by atoms with Crippen LogP contribution in [0.4, 0.5) is 5.69 Å². The van der Waals surface area contributed by atoms with Crippen LogP contribution < -0.4 is 5.73 Å². The first-order chi connectivity index (χ1) is 8.34. The zero-order valence-corrected chi connectivity index (χ0v) is 10.2. The number of benzene rings is 1. The van der Waals surface area contributed by atoms with Crippen molar-refractivity contribution in [1.29, 1.82) is 0 Å². The molecule has 3 rings (SSSR count). The van der Waals surface area contributed by atoms with Crippen LogP contribution in [-0.2, 0) is 13.0 Å². The second kappa shape index (κ2) is 4.53. The van der Waals surface area contributed by atoms with E-state index in [4.69, 9.17) is 5.73 Å². The highest BCUT2D eigenvalue weighted by Gasteiger charge is 2.23. The monoisotopic (exact) mass is 228 g/mol. The molecule has 1 unspecified atom stereocenters. The fourth-order valence-electron chi connectivity index (χ4n) is 3.04. The second-order valence-corrected chi connectivity index (χ2v) is 5.13. The van der Waals surface area contributed by atoms with E-state index in [2.05, 4.69) is 29.2 Å². The zero-order valence-electron chi connectivity index (χ0n) is 10.2. The number of fused-ring (bicyclic) bond motifs is 1. The average Bonchev–Trinajstić information content (AvgIpc) is 2.40. The molecular formula is C15H20N2. The molecule has 0 spiro atoms. The first-order valence-corrected chi connectivity index (χ1v) is 6.61. The molecule has 2 heteroatoms. The molecule has 0 bridgehead atoms. The van der Waals surface area contributed by atoms with Crippen molar-refractivity contribution < 1.29 is 0 Å². The summed E-state index contributed by atoms with van der Waals surface area (Å²) in [4.78, 5) is 2.59. The third kappa shape index (κ3) is 2.09. The van der Waals surface area contributed by atoms with Crippen LogP contribution >= 0.6 is 0 Å². The van der Waals surface area contributed by atoms with Crippen LogP contribution in [0, 0.1) is 0 Å². The van der Waals surface area contributed by atoms with Crippen molar-refractivity contribution in [2.75, 3.05) is 12.3 Å². The van der Waals surface area contributed by atoms with Crippen LogP contribution in [0.2, 0.25) is 0 Å². The Morgan fingerprint density at radius 3 is 3.06 bits per heavy atom. The van der Waals surface area contributed by atoms with E-state index in [0.29, 0.717) is 6.04 Å². The third-order valence-electron chi connectivity index (χ3n) is 4.03. The molecule has 0 radical (unpaired) electrons. The molecule has 0 saturated heterocycles. The summed E-state index contributed by atoms with van der Waals surface area (Å²) >= 11 is 0. The van der Waals surface area contributed by atoms with Crippen molar-refractivity contribution in [2.24, 2.45) is 0 Å². The van der Waals surface area contributed by atoms with Crippen LogP contribution in [0.15, 0.2) is 30.4 Å². The van der Waals surface area contributed by atoms with Crippen molar-refractivity contribution in [3.63, 3.8) is 0 Å². The largest absolute Gasteiger partial charge is 0.398 e. The Bertz CT molecular complexity index is 437. The van der Waals surface area contributed by atoms with Crippen LogP contribution in [0.25, 0.3) is 0 Å². The van der Waals surface area contributed by atoms with Crippen LogP contribution in [0.5, 0.6) is 0 Å². The summed E-state index contributed by atoms with van der Waals surface area (Å²) in [5.41, 5.74) is 9.81. The minimum atomic E-state index is 0.651. The van der Waals surface area contributed by atoms with Crippen LogP contribution in [0.3, 0.4) is 0 Å². The van der Waals surface area contributed by atoms with E-state index < -0.39 is 0 Å². The minimum absolute atomic E-state index is 0.651. The topological polar surface area (TPSA) is 29.3 Å². The molecule has 1 aliphatic carbocycles. The van der Waals surface area contributed by atoms with Gasteiger partial charge in [0.15, 0.2) is 0 Å². The number of nitrogen functional groups attached to an aromatic ring is 1. The van der Waals surface area contributed by atoms with Gasteiger partial charge in [0, 0.05) is 24.8 Å². The van der Waals surface area contributed by atoms with Crippen molar-refractivity contribution in [3.05, 3.63) is 41.5 Å². The molecular weight excluding hydrogens is 208 g/mol. The Hall–Kier alpha value is -1.28. The summed E-state index contributed by atoms with van der Waals surface area (Å²) in [6.45, 7) is 2.21. The predicted molar refractivity (Wildman–Crippen MR) is 71.7 cm³/mol. The maximum absolute atomic E-state index is 6.03. The summed E-state index contributed by atoms with van der Waals surface area (Å²) in [6, 6.07) is 6.98. The minimum Gasteiger partial charge on any atom is -0.398 e. The first-order valence-electron chi connectivity index (χ1n) is 6.61. The number of nitrogens with zero attached hydrogens (tertiary/aromatic N) is 1. The van der Waals surface area contributed by atoms with Gasteiger partial charge in [-0.15, -0.1) is 0 Å². The molecule has 0 saturated carbocycles. The Morgan fingerprint density at radius 1 is 1.29 bits per heavy atom. The van der Waals surface area contributed by atoms with E-state index in [9.17, 15) is 0 Å². The Morgan fingerprint density at radius 2 is 2.24 bits per heavy atom. The molecule has 1 aromatic rings. The van der Waals surface area contributed by atoms with Gasteiger partial charge < -0.3 is 5.73 Å². The average molecular weight is 228 g/mol. The lowest BCUT2D eigenvalue weighted by atomic mass is 9.94. The van der Waals surface area contributed by atoms with E-state index in [-0.39, 0.29) is 0 Å². The van der Waals surface area contributed by atoms with Gasteiger partial charge in [0.2, 0.25) is 0 Å². The number of hydrogen-bond acceptors (Lipinski definition) is 2. The van der Waals surface area contributed by atoms with Gasteiger partial charge in [0.1, 0.15) is 0 Å². The van der Waals surface area contributed by atoms with Gasteiger partial charge in [0.05, 0.1) is 0 Å². The van der Waals surface area contributed by atoms with E-state index in [1.165, 1.54) is 30.4 Å². The maximum atomic E-state index is 6.03. The summed E-state index contributed by atoms with van der Waals surface area (Å²) in [5.74, 6) is 0. The van der Waals surface area contributed by atoms with Gasteiger partial charge in [-0.3, -0.25) is 4.90 Å². The van der Waals surface area contributed by atoms with Crippen molar-refractivity contribution in [2.45, 2.75) is 38.3 Å². The van der Waals surface area contributed by atoms with E-state index in [1.54, 1.807) is 0 Å². The molecule has 2 N–H and O–H groups in total. The normalized spacial score (nSPS) is 24.6. The SMILES string of the molecule is Nc1cccc2c1CCN(C1C=CCCC1)C2. The highest BCUT2D eigenvalue weighted by atomic mass is 15.2. The summed E-state index contributed by atoms with van der Waals surface area (Å²) < 4.78 is 0. The molecule has 90 valence electrons. The van der Waals surface area contributed by atoms with Crippen molar-refractivity contribution >= 4 is 5.69 Å². The fourth-order valence-corrected chi connectivity index (χ4v) is 3.04. The molecule has 0 fully saturated rings. The quantitative estimate of drug-likeness (QED) is 0.591. The molecule has 1 atom stereocenters. The molecule has 1 aliphatic heterocycles. The van der Waals surface area contributed by atoms with Gasteiger partial charge in [-0.25, -0.2) is 0 Å². The molecule has 1 heterocycles. The molecule has 1 aromatic carbocycles. The standard InChI is InChI=1S/C15H20N2/c16-15-8-4-5-12-11-17(10-9-14(12)15)13-6-2-1-3-7-13/h2,4-6,8,13H,1,3,7,9-11,16H2. The fraction of sp³-hybridized carbons (Fsp3) is 0.467. The molecule has 0 amide bonds. The van der Waals surface area contributed by atoms with Crippen LogP contribution in [0.1, 0.15) is 30.4 Å². The number of rotatable bonds is 1. The summed E-state index contributed by atoms with van der Waals surface area (Å²) in [7, 11) is 0. The summed E-state index contributed by atoms with van der Waals surface area (Å²) in [5, 5.41) is 0. The second-order valence-electron chi connectivity index (χ2n) is 5.13. The van der Waals surface area contributed by atoms with Gasteiger partial charge >= 0.3 is 0 Å². The molecule has 0 aromatic heterocycles. The van der Waals surface area contributed by atoms with Gasteiger partial charge in [0.25, 0.3) is 0 Å². The lowest BCUT2D eigenvalue weighted by Crippen LogP contribution is -2.39. The Balaban J connectivity index is 1.80. The van der Waals surface area contributed by atoms with Crippen molar-refractivity contribution in [3.8, 4) is 0 Å². The van der Waals surface area contributed by atoms with Gasteiger partial charge in [-0.1, -0.05) is 24.3 Å². The van der Waals surface area contributed by atoms with E-state index in [0.717, 1.165) is 25.2 Å². The third-order valence-corrected chi connectivity index (χ3v) is 4.03. The van der Waals surface area contributed by atoms with E-state index in [1.807, 2.05) is 6.07 Å². The lowest BCUT2D eigenvalue weighted by Gasteiger charge is -2.35. The smallest absolute Gasteiger partial charge is 0.0350 e. The van der Waals surface area contributed by atoms with Crippen molar-refractivity contribution in [1.82, 2.24) is 4.90 Å². The number of allylic oxidation sites excluding steroid dienone is 1. The van der Waals surface area contributed by atoms with Gasteiger partial charge in [-0.05, 0) is 42.9 Å².